The fourth-order valence-corrected chi connectivity index (χ4v) is 4.86. The van der Waals surface area contributed by atoms with E-state index in [4.69, 9.17) is 4.74 Å². The lowest BCUT2D eigenvalue weighted by atomic mass is 10.1. The van der Waals surface area contributed by atoms with Crippen LogP contribution in [-0.2, 0) is 10.0 Å². The van der Waals surface area contributed by atoms with Crippen LogP contribution in [0.1, 0.15) is 50.4 Å². The van der Waals surface area contributed by atoms with Crippen LogP contribution >= 0.6 is 0 Å². The molecule has 0 spiro atoms. The Bertz CT molecular complexity index is 716. The summed E-state index contributed by atoms with van der Waals surface area (Å²) in [5, 5.41) is 2.81. The Labute approximate surface area is 150 Å². The van der Waals surface area contributed by atoms with Crippen molar-refractivity contribution in [2.75, 3.05) is 20.2 Å². The molecule has 7 heteroatoms. The van der Waals surface area contributed by atoms with E-state index in [1.54, 1.807) is 12.1 Å². The Kier molecular flexibility index (Phi) is 6.46. The minimum atomic E-state index is -3.71. The molecule has 1 fully saturated rings. The van der Waals surface area contributed by atoms with Gasteiger partial charge in [0.25, 0.3) is 5.91 Å². The van der Waals surface area contributed by atoms with E-state index >= 15 is 0 Å². The van der Waals surface area contributed by atoms with Crippen LogP contribution in [0.3, 0.4) is 0 Å². The van der Waals surface area contributed by atoms with Crippen molar-refractivity contribution in [3.05, 3.63) is 23.8 Å². The van der Waals surface area contributed by atoms with Crippen LogP contribution in [0.5, 0.6) is 5.75 Å². The molecule has 1 N–H and O–H groups in total. The predicted molar refractivity (Wildman–Crippen MR) is 97.4 cm³/mol. The maximum absolute atomic E-state index is 13.1. The zero-order valence-corrected chi connectivity index (χ0v) is 16.2. The number of nitrogens with one attached hydrogen (secondary N) is 1. The van der Waals surface area contributed by atoms with Crippen LogP contribution in [0.4, 0.5) is 0 Å². The largest absolute Gasteiger partial charge is 0.495 e. The summed E-state index contributed by atoms with van der Waals surface area (Å²) in [5.74, 6) is 0.303. The summed E-state index contributed by atoms with van der Waals surface area (Å²) in [6, 6.07) is 4.51. The van der Waals surface area contributed by atoms with Gasteiger partial charge in [0.2, 0.25) is 10.0 Å². The molecular formula is C18H28N2O4S. The van der Waals surface area contributed by atoms with Crippen molar-refractivity contribution in [3.8, 4) is 5.75 Å². The van der Waals surface area contributed by atoms with Crippen LogP contribution in [0.15, 0.2) is 23.1 Å². The number of ether oxygens (including phenoxy) is 1. The number of carbonyl (C=O) groups excluding carboxylic acids is 1. The molecule has 1 aromatic rings. The SMILES string of the molecule is COc1ccc(C(=O)NCC(C)C)cc1S(=O)(=O)N1CCCCC1C. The minimum absolute atomic E-state index is 0.0538. The molecule has 1 heterocycles. The number of rotatable bonds is 6. The second-order valence-electron chi connectivity index (χ2n) is 6.93. The number of hydrogen-bond acceptors (Lipinski definition) is 4. The van der Waals surface area contributed by atoms with Gasteiger partial charge in [0, 0.05) is 24.7 Å². The van der Waals surface area contributed by atoms with Crippen molar-refractivity contribution in [2.45, 2.75) is 51.0 Å². The van der Waals surface area contributed by atoms with Crippen LogP contribution < -0.4 is 10.1 Å². The Morgan fingerprint density at radius 2 is 2.08 bits per heavy atom. The lowest BCUT2D eigenvalue weighted by molar-refractivity contribution is 0.0948. The van der Waals surface area contributed by atoms with Gasteiger partial charge in [0.1, 0.15) is 10.6 Å². The fourth-order valence-electron chi connectivity index (χ4n) is 2.97. The zero-order valence-electron chi connectivity index (χ0n) is 15.4. The van der Waals surface area contributed by atoms with E-state index < -0.39 is 10.0 Å². The quantitative estimate of drug-likeness (QED) is 0.837. The highest BCUT2D eigenvalue weighted by atomic mass is 32.2. The van der Waals surface area contributed by atoms with Crippen molar-refractivity contribution in [2.24, 2.45) is 5.92 Å². The fraction of sp³-hybridized carbons (Fsp3) is 0.611. The summed E-state index contributed by atoms with van der Waals surface area (Å²) in [5.41, 5.74) is 0.324. The second kappa shape index (κ2) is 8.19. The number of piperidine rings is 1. The molecule has 140 valence electrons. The molecule has 1 aliphatic rings. The van der Waals surface area contributed by atoms with E-state index in [1.807, 2.05) is 20.8 Å². The number of amides is 1. The molecule has 2 rings (SSSR count). The van der Waals surface area contributed by atoms with Gasteiger partial charge in [-0.3, -0.25) is 4.79 Å². The number of nitrogens with zero attached hydrogens (tertiary/aromatic N) is 1. The first-order valence-electron chi connectivity index (χ1n) is 8.75. The second-order valence-corrected chi connectivity index (χ2v) is 8.79. The lowest BCUT2D eigenvalue weighted by Gasteiger charge is -2.32. The normalized spacial score (nSPS) is 19.0. The first kappa shape index (κ1) is 19.7. The highest BCUT2D eigenvalue weighted by Gasteiger charge is 2.33. The van der Waals surface area contributed by atoms with E-state index in [0.717, 1.165) is 19.3 Å². The maximum Gasteiger partial charge on any atom is 0.251 e. The van der Waals surface area contributed by atoms with E-state index in [1.165, 1.54) is 17.5 Å². The molecule has 0 saturated carbocycles. The number of benzene rings is 1. The summed E-state index contributed by atoms with van der Waals surface area (Å²) in [4.78, 5) is 12.4. The summed E-state index contributed by atoms with van der Waals surface area (Å²) in [6.07, 6.45) is 2.72. The molecule has 0 aliphatic carbocycles. The monoisotopic (exact) mass is 368 g/mol. The molecule has 25 heavy (non-hydrogen) atoms. The van der Waals surface area contributed by atoms with Gasteiger partial charge < -0.3 is 10.1 Å². The van der Waals surface area contributed by atoms with Gasteiger partial charge in [0.05, 0.1) is 7.11 Å². The lowest BCUT2D eigenvalue weighted by Crippen LogP contribution is -2.42. The number of methoxy groups -OCH3 is 1. The molecule has 6 nitrogen and oxygen atoms in total. The van der Waals surface area contributed by atoms with Crippen LogP contribution in [0.2, 0.25) is 0 Å². The molecule has 1 aliphatic heterocycles. The standard InChI is InChI=1S/C18H28N2O4S/c1-13(2)12-19-18(21)15-8-9-16(24-4)17(11-15)25(22,23)20-10-6-5-7-14(20)3/h8-9,11,13-14H,5-7,10,12H2,1-4H3,(H,19,21). The maximum atomic E-state index is 13.1. The summed E-state index contributed by atoms with van der Waals surface area (Å²) < 4.78 is 33.0. The highest BCUT2D eigenvalue weighted by Crippen LogP contribution is 2.31. The number of hydrogen-bond donors (Lipinski definition) is 1. The summed E-state index contributed by atoms with van der Waals surface area (Å²) >= 11 is 0. The third kappa shape index (κ3) is 4.52. The van der Waals surface area contributed by atoms with Gasteiger partial charge in [0.15, 0.2) is 0 Å². The first-order valence-corrected chi connectivity index (χ1v) is 10.2. The first-order chi connectivity index (χ1) is 11.8. The van der Waals surface area contributed by atoms with E-state index in [2.05, 4.69) is 5.32 Å². The van der Waals surface area contributed by atoms with Crippen LogP contribution in [0, 0.1) is 5.92 Å². The summed E-state index contributed by atoms with van der Waals surface area (Å²) in [7, 11) is -2.28. The Morgan fingerprint density at radius 1 is 1.36 bits per heavy atom. The van der Waals surface area contributed by atoms with Crippen LogP contribution in [0.25, 0.3) is 0 Å². The van der Waals surface area contributed by atoms with Crippen molar-refractivity contribution in [1.82, 2.24) is 9.62 Å². The average Bonchev–Trinajstić information content (AvgIpc) is 2.59. The van der Waals surface area contributed by atoms with Gasteiger partial charge in [-0.1, -0.05) is 20.3 Å². The Morgan fingerprint density at radius 3 is 2.68 bits per heavy atom. The molecule has 1 saturated heterocycles. The van der Waals surface area contributed by atoms with E-state index in [0.29, 0.717) is 24.6 Å². The van der Waals surface area contributed by atoms with Gasteiger partial charge in [-0.15, -0.1) is 0 Å². The molecular weight excluding hydrogens is 340 g/mol. The highest BCUT2D eigenvalue weighted by molar-refractivity contribution is 7.89. The third-order valence-electron chi connectivity index (χ3n) is 4.43. The van der Waals surface area contributed by atoms with Crippen molar-refractivity contribution < 1.29 is 17.9 Å². The van der Waals surface area contributed by atoms with Gasteiger partial charge in [-0.2, -0.15) is 4.31 Å². The van der Waals surface area contributed by atoms with Crippen molar-refractivity contribution >= 4 is 15.9 Å². The zero-order chi connectivity index (χ0) is 18.6. The van der Waals surface area contributed by atoms with E-state index in [9.17, 15) is 13.2 Å². The number of carbonyl (C=O) groups is 1. The smallest absolute Gasteiger partial charge is 0.251 e. The average molecular weight is 368 g/mol. The molecule has 0 bridgehead atoms. The van der Waals surface area contributed by atoms with Gasteiger partial charge in [-0.05, 0) is 43.9 Å². The van der Waals surface area contributed by atoms with Crippen LogP contribution in [-0.4, -0.2) is 44.9 Å². The Hall–Kier alpha value is -1.60. The predicted octanol–water partition coefficient (Wildman–Crippen LogP) is 2.64. The molecule has 0 aromatic heterocycles. The summed E-state index contributed by atoms with van der Waals surface area (Å²) in [6.45, 7) is 6.96. The Balaban J connectivity index is 2.37. The topological polar surface area (TPSA) is 75.7 Å². The molecule has 1 atom stereocenters. The molecule has 1 unspecified atom stereocenters. The van der Waals surface area contributed by atoms with Gasteiger partial charge >= 0.3 is 0 Å². The van der Waals surface area contributed by atoms with Gasteiger partial charge in [-0.25, -0.2) is 8.42 Å². The number of sulfonamides is 1. The van der Waals surface area contributed by atoms with Crippen molar-refractivity contribution in [1.29, 1.82) is 0 Å². The molecule has 1 aromatic carbocycles. The van der Waals surface area contributed by atoms with E-state index in [-0.39, 0.29) is 22.6 Å². The molecule has 1 amide bonds. The third-order valence-corrected chi connectivity index (χ3v) is 6.46. The minimum Gasteiger partial charge on any atom is -0.495 e. The van der Waals surface area contributed by atoms with Crippen molar-refractivity contribution in [3.63, 3.8) is 0 Å². The molecule has 0 radical (unpaired) electrons.